The Hall–Kier alpha value is -1.04. The summed E-state index contributed by atoms with van der Waals surface area (Å²) in [5.74, 6) is -0.156. The number of carbonyl (C=O) groups excluding carboxylic acids is 1. The third-order valence-corrected chi connectivity index (χ3v) is 4.53. The summed E-state index contributed by atoms with van der Waals surface area (Å²) in [4.78, 5) is 14.0. The van der Waals surface area contributed by atoms with Crippen LogP contribution in [0.2, 0.25) is 5.02 Å². The molecule has 2 aromatic rings. The summed E-state index contributed by atoms with van der Waals surface area (Å²) >= 11 is 12.6. The van der Waals surface area contributed by atoms with E-state index < -0.39 is 0 Å². The van der Waals surface area contributed by atoms with Crippen LogP contribution >= 0.6 is 43.5 Å². The van der Waals surface area contributed by atoms with Gasteiger partial charge in [0.05, 0.1) is 16.4 Å². The molecule has 0 unspecified atom stereocenters. The zero-order valence-electron chi connectivity index (χ0n) is 10.5. The topological polar surface area (TPSA) is 46.3 Å². The maximum absolute atomic E-state index is 12.4. The van der Waals surface area contributed by atoms with Crippen molar-refractivity contribution in [1.82, 2.24) is 0 Å². The summed E-state index contributed by atoms with van der Waals surface area (Å²) in [6.45, 7) is 0. The fourth-order valence-electron chi connectivity index (χ4n) is 1.76. The van der Waals surface area contributed by atoms with Gasteiger partial charge >= 0.3 is 0 Å². The second kappa shape index (κ2) is 6.16. The highest BCUT2D eigenvalue weighted by atomic mass is 79.9. The zero-order chi connectivity index (χ0) is 14.9. The van der Waals surface area contributed by atoms with Crippen molar-refractivity contribution in [2.24, 2.45) is 0 Å². The molecule has 2 rings (SSSR count). The molecule has 0 aliphatic carbocycles. The molecule has 0 aliphatic rings. The minimum absolute atomic E-state index is 0.156. The first-order chi connectivity index (χ1) is 9.40. The van der Waals surface area contributed by atoms with Crippen molar-refractivity contribution < 1.29 is 4.79 Å². The van der Waals surface area contributed by atoms with Gasteiger partial charge in [-0.05, 0) is 52.3 Å². The first-order valence-corrected chi connectivity index (χ1v) is 7.64. The van der Waals surface area contributed by atoms with Gasteiger partial charge in [0.2, 0.25) is 0 Å². The second-order valence-electron chi connectivity index (χ2n) is 4.20. The lowest BCUT2D eigenvalue weighted by atomic mass is 10.2. The third kappa shape index (κ3) is 3.16. The lowest BCUT2D eigenvalue weighted by Crippen LogP contribution is -2.27. The minimum atomic E-state index is -0.156. The van der Waals surface area contributed by atoms with E-state index in [9.17, 15) is 4.79 Å². The molecule has 0 saturated heterocycles. The fraction of sp³-hybridized carbons (Fsp3) is 0.0714. The summed E-state index contributed by atoms with van der Waals surface area (Å²) in [6.07, 6.45) is 0. The van der Waals surface area contributed by atoms with Gasteiger partial charge in [-0.3, -0.25) is 4.79 Å². The summed E-state index contributed by atoms with van der Waals surface area (Å²) in [7, 11) is 1.68. The Morgan fingerprint density at radius 1 is 1.20 bits per heavy atom. The number of hydrogen-bond acceptors (Lipinski definition) is 2. The smallest absolute Gasteiger partial charge is 0.258 e. The summed E-state index contributed by atoms with van der Waals surface area (Å²) in [5.41, 5.74) is 7.66. The number of nitrogens with zero attached hydrogens (tertiary/aromatic N) is 1. The molecule has 20 heavy (non-hydrogen) atoms. The predicted octanol–water partition coefficient (Wildman–Crippen LogP) is 4.72. The van der Waals surface area contributed by atoms with Crippen molar-refractivity contribution in [2.45, 2.75) is 0 Å². The summed E-state index contributed by atoms with van der Waals surface area (Å²) in [5, 5.41) is 0.562. The minimum Gasteiger partial charge on any atom is -0.397 e. The fourth-order valence-corrected chi connectivity index (χ4v) is 2.64. The van der Waals surface area contributed by atoms with E-state index in [1.165, 1.54) is 4.90 Å². The molecule has 0 aliphatic heterocycles. The number of amides is 1. The molecular formula is C14H11Br2ClN2O. The van der Waals surface area contributed by atoms with Gasteiger partial charge in [0.25, 0.3) is 5.91 Å². The number of hydrogen-bond donors (Lipinski definition) is 1. The van der Waals surface area contributed by atoms with Gasteiger partial charge in [-0.25, -0.2) is 0 Å². The monoisotopic (exact) mass is 416 g/mol. The molecule has 1 amide bonds. The van der Waals surface area contributed by atoms with Crippen molar-refractivity contribution in [2.75, 3.05) is 17.7 Å². The molecule has 0 atom stereocenters. The Labute approximate surface area is 139 Å². The van der Waals surface area contributed by atoms with Crippen LogP contribution in [-0.2, 0) is 0 Å². The van der Waals surface area contributed by atoms with Crippen LogP contribution in [0.4, 0.5) is 11.4 Å². The predicted molar refractivity (Wildman–Crippen MR) is 90.4 cm³/mol. The lowest BCUT2D eigenvalue weighted by molar-refractivity contribution is 0.0993. The number of rotatable bonds is 2. The third-order valence-electron chi connectivity index (χ3n) is 2.82. The Morgan fingerprint density at radius 3 is 2.50 bits per heavy atom. The molecule has 0 aromatic heterocycles. The van der Waals surface area contributed by atoms with Crippen LogP contribution in [0.5, 0.6) is 0 Å². The lowest BCUT2D eigenvalue weighted by Gasteiger charge is -2.19. The highest BCUT2D eigenvalue weighted by Crippen LogP contribution is 2.28. The van der Waals surface area contributed by atoms with Crippen molar-refractivity contribution in [3.05, 3.63) is 55.9 Å². The SMILES string of the molecule is CN(C(=O)c1ccc(Cl)c(Br)c1)c1ccc(Br)cc1N. The number of carbonyl (C=O) groups is 1. The van der Waals surface area contributed by atoms with Crippen LogP contribution in [0, 0.1) is 0 Å². The molecule has 2 N–H and O–H groups in total. The highest BCUT2D eigenvalue weighted by molar-refractivity contribution is 9.10. The van der Waals surface area contributed by atoms with E-state index >= 15 is 0 Å². The van der Waals surface area contributed by atoms with E-state index in [2.05, 4.69) is 31.9 Å². The van der Waals surface area contributed by atoms with E-state index in [1.54, 1.807) is 37.4 Å². The Balaban J connectivity index is 2.34. The maximum atomic E-state index is 12.4. The van der Waals surface area contributed by atoms with E-state index in [-0.39, 0.29) is 5.91 Å². The molecule has 0 bridgehead atoms. The van der Waals surface area contributed by atoms with Gasteiger partial charge in [0.15, 0.2) is 0 Å². The van der Waals surface area contributed by atoms with Crippen LogP contribution in [0.15, 0.2) is 45.3 Å². The standard InChI is InChI=1S/C14H11Br2ClN2O/c1-19(13-5-3-9(15)7-12(13)18)14(20)8-2-4-11(17)10(16)6-8/h2-7H,18H2,1H3. The number of anilines is 2. The van der Waals surface area contributed by atoms with Crippen molar-refractivity contribution in [3.63, 3.8) is 0 Å². The largest absolute Gasteiger partial charge is 0.397 e. The van der Waals surface area contributed by atoms with Crippen LogP contribution in [-0.4, -0.2) is 13.0 Å². The normalized spacial score (nSPS) is 10.4. The van der Waals surface area contributed by atoms with Gasteiger partial charge in [-0.1, -0.05) is 27.5 Å². The molecule has 0 spiro atoms. The van der Waals surface area contributed by atoms with E-state index in [1.807, 2.05) is 6.07 Å². The van der Waals surface area contributed by atoms with Crippen LogP contribution in [0.25, 0.3) is 0 Å². The molecular weight excluding hydrogens is 407 g/mol. The van der Waals surface area contributed by atoms with Crippen LogP contribution in [0.3, 0.4) is 0 Å². The molecule has 6 heteroatoms. The van der Waals surface area contributed by atoms with Crippen molar-refractivity contribution >= 4 is 60.7 Å². The van der Waals surface area contributed by atoms with Gasteiger partial charge < -0.3 is 10.6 Å². The zero-order valence-corrected chi connectivity index (χ0v) is 14.5. The molecule has 3 nitrogen and oxygen atoms in total. The second-order valence-corrected chi connectivity index (χ2v) is 6.37. The molecule has 0 radical (unpaired) electrons. The molecule has 0 heterocycles. The quantitative estimate of drug-likeness (QED) is 0.717. The van der Waals surface area contributed by atoms with Gasteiger partial charge in [0.1, 0.15) is 0 Å². The molecule has 104 valence electrons. The van der Waals surface area contributed by atoms with Crippen molar-refractivity contribution in [3.8, 4) is 0 Å². The number of halogens is 3. The highest BCUT2D eigenvalue weighted by Gasteiger charge is 2.16. The van der Waals surface area contributed by atoms with Gasteiger partial charge in [-0.15, -0.1) is 0 Å². The first-order valence-electron chi connectivity index (χ1n) is 5.68. The Morgan fingerprint density at radius 2 is 1.90 bits per heavy atom. The number of nitrogens with two attached hydrogens (primary N) is 1. The maximum Gasteiger partial charge on any atom is 0.258 e. The van der Waals surface area contributed by atoms with Crippen LogP contribution in [0.1, 0.15) is 10.4 Å². The van der Waals surface area contributed by atoms with Crippen molar-refractivity contribution in [1.29, 1.82) is 0 Å². The molecule has 2 aromatic carbocycles. The first kappa shape index (κ1) is 15.4. The number of benzene rings is 2. The average Bonchev–Trinajstić information content (AvgIpc) is 2.40. The summed E-state index contributed by atoms with van der Waals surface area (Å²) in [6, 6.07) is 10.4. The molecule has 0 fully saturated rings. The Kier molecular flexibility index (Phi) is 4.73. The van der Waals surface area contributed by atoms with Crippen LogP contribution < -0.4 is 10.6 Å². The van der Waals surface area contributed by atoms with Gasteiger partial charge in [0, 0.05) is 21.6 Å². The van der Waals surface area contributed by atoms with E-state index in [0.29, 0.717) is 26.4 Å². The summed E-state index contributed by atoms with van der Waals surface area (Å²) < 4.78 is 1.55. The molecule has 0 saturated carbocycles. The Bertz CT molecular complexity index is 676. The van der Waals surface area contributed by atoms with E-state index in [0.717, 1.165) is 4.47 Å². The number of nitrogen functional groups attached to an aromatic ring is 1. The average molecular weight is 419 g/mol. The van der Waals surface area contributed by atoms with E-state index in [4.69, 9.17) is 17.3 Å². The van der Waals surface area contributed by atoms with Gasteiger partial charge in [-0.2, -0.15) is 0 Å².